The predicted octanol–water partition coefficient (Wildman–Crippen LogP) is 0.851. The lowest BCUT2D eigenvalue weighted by Crippen LogP contribution is -2.32. The zero-order valence-electron chi connectivity index (χ0n) is 5.91. The van der Waals surface area contributed by atoms with Crippen molar-refractivity contribution in [2.24, 2.45) is 5.92 Å². The first-order valence-corrected chi connectivity index (χ1v) is 3.93. The molecule has 0 aromatic rings. The van der Waals surface area contributed by atoms with E-state index in [2.05, 4.69) is 15.9 Å². The van der Waals surface area contributed by atoms with Crippen LogP contribution in [0.1, 0.15) is 13.8 Å². The molecule has 0 rings (SSSR count). The summed E-state index contributed by atoms with van der Waals surface area (Å²) in [4.78, 5) is 9.38. The number of aliphatic hydroxyl groups is 1. The van der Waals surface area contributed by atoms with Gasteiger partial charge in [-0.05, 0) is 5.92 Å². The van der Waals surface area contributed by atoms with Crippen molar-refractivity contribution in [3.63, 3.8) is 0 Å². The fourth-order valence-electron chi connectivity index (χ4n) is 0.484. The second-order valence-electron chi connectivity index (χ2n) is 2.47. The van der Waals surface area contributed by atoms with E-state index in [1.807, 2.05) is 0 Å². The van der Waals surface area contributed by atoms with Crippen molar-refractivity contribution < 1.29 is 15.0 Å². The van der Waals surface area contributed by atoms with E-state index in [4.69, 9.17) is 10.2 Å². The third kappa shape index (κ3) is 2.66. The van der Waals surface area contributed by atoms with E-state index >= 15 is 0 Å². The summed E-state index contributed by atoms with van der Waals surface area (Å²) in [6, 6.07) is 0. The van der Waals surface area contributed by atoms with Crippen LogP contribution >= 0.6 is 15.9 Å². The average molecular weight is 211 g/mol. The molecule has 0 spiro atoms. The van der Waals surface area contributed by atoms with Crippen molar-refractivity contribution >= 4 is 21.9 Å². The molecule has 60 valence electrons. The Morgan fingerprint density at radius 1 is 1.50 bits per heavy atom. The molecule has 0 radical (unpaired) electrons. The Morgan fingerprint density at radius 3 is 2.00 bits per heavy atom. The number of aliphatic carboxylic acids is 1. The number of alkyl halides is 1. The van der Waals surface area contributed by atoms with Crippen LogP contribution in [-0.4, -0.2) is 27.1 Å². The van der Waals surface area contributed by atoms with Crippen LogP contribution < -0.4 is 0 Å². The number of carboxylic acids is 1. The Kier molecular flexibility index (Phi) is 3.89. The maximum atomic E-state index is 10.2. The van der Waals surface area contributed by atoms with Gasteiger partial charge in [0.25, 0.3) is 0 Å². The van der Waals surface area contributed by atoms with Gasteiger partial charge in [-0.3, -0.25) is 4.79 Å². The number of hydrogen-bond donors (Lipinski definition) is 2. The Morgan fingerprint density at radius 2 is 1.90 bits per heavy atom. The number of aliphatic hydroxyl groups excluding tert-OH is 1. The first-order valence-electron chi connectivity index (χ1n) is 3.01. The molecule has 0 aliphatic carbocycles. The van der Waals surface area contributed by atoms with Crippen molar-refractivity contribution in [2.45, 2.75) is 24.8 Å². The topological polar surface area (TPSA) is 57.5 Å². The smallest absolute Gasteiger partial charge is 0.319 e. The molecule has 2 unspecified atom stereocenters. The number of halogens is 1. The zero-order valence-corrected chi connectivity index (χ0v) is 7.50. The highest BCUT2D eigenvalue weighted by Crippen LogP contribution is 2.13. The van der Waals surface area contributed by atoms with Crippen LogP contribution in [0.5, 0.6) is 0 Å². The van der Waals surface area contributed by atoms with E-state index in [0.29, 0.717) is 0 Å². The maximum absolute atomic E-state index is 10.2. The molecule has 2 atom stereocenters. The van der Waals surface area contributed by atoms with Crippen LogP contribution in [0.4, 0.5) is 0 Å². The molecule has 10 heavy (non-hydrogen) atoms. The predicted molar refractivity (Wildman–Crippen MR) is 41.2 cm³/mol. The first-order chi connectivity index (χ1) is 4.46. The van der Waals surface area contributed by atoms with Gasteiger partial charge in [0.1, 0.15) is 4.83 Å². The lowest BCUT2D eigenvalue weighted by molar-refractivity contribution is -0.138. The molecule has 0 bridgehead atoms. The van der Waals surface area contributed by atoms with E-state index < -0.39 is 16.9 Å². The second-order valence-corrected chi connectivity index (χ2v) is 3.46. The van der Waals surface area contributed by atoms with E-state index in [1.54, 1.807) is 13.8 Å². The van der Waals surface area contributed by atoms with E-state index in [-0.39, 0.29) is 5.92 Å². The van der Waals surface area contributed by atoms with Gasteiger partial charge in [-0.1, -0.05) is 29.8 Å². The molecule has 0 saturated heterocycles. The van der Waals surface area contributed by atoms with Gasteiger partial charge in [0.05, 0.1) is 6.10 Å². The van der Waals surface area contributed by atoms with Gasteiger partial charge >= 0.3 is 5.97 Å². The van der Waals surface area contributed by atoms with Crippen molar-refractivity contribution in [1.82, 2.24) is 0 Å². The monoisotopic (exact) mass is 210 g/mol. The minimum absolute atomic E-state index is 0.0412. The van der Waals surface area contributed by atoms with Crippen LogP contribution in [-0.2, 0) is 4.79 Å². The molecule has 0 aromatic carbocycles. The first kappa shape index (κ1) is 9.91. The fraction of sp³-hybridized carbons (Fsp3) is 0.833. The summed E-state index contributed by atoms with van der Waals surface area (Å²) >= 11 is 2.86. The Balaban J connectivity index is 3.94. The molecule has 0 amide bonds. The highest BCUT2D eigenvalue weighted by atomic mass is 79.9. The summed E-state index contributed by atoms with van der Waals surface area (Å²) in [7, 11) is 0. The molecule has 0 fully saturated rings. The molecule has 0 aromatic heterocycles. The Bertz CT molecular complexity index is 124. The van der Waals surface area contributed by atoms with Gasteiger partial charge in [-0.2, -0.15) is 0 Å². The summed E-state index contributed by atoms with van der Waals surface area (Å²) in [5, 5.41) is 17.5. The minimum Gasteiger partial charge on any atom is -0.480 e. The van der Waals surface area contributed by atoms with Gasteiger partial charge in [0.2, 0.25) is 0 Å². The second kappa shape index (κ2) is 3.93. The fourth-order valence-corrected chi connectivity index (χ4v) is 1.09. The Labute approximate surface area is 68.2 Å². The van der Waals surface area contributed by atoms with Crippen LogP contribution in [0.2, 0.25) is 0 Å². The van der Waals surface area contributed by atoms with Gasteiger partial charge in [-0.25, -0.2) is 0 Å². The summed E-state index contributed by atoms with van der Waals surface area (Å²) in [5.74, 6) is -1.07. The molecular weight excluding hydrogens is 200 g/mol. The van der Waals surface area contributed by atoms with Crippen LogP contribution in [0.25, 0.3) is 0 Å². The molecular formula is C6H11BrO3. The van der Waals surface area contributed by atoms with Crippen LogP contribution in [0.15, 0.2) is 0 Å². The molecule has 0 aliphatic heterocycles. The number of carbonyl (C=O) groups is 1. The summed E-state index contributed by atoms with van der Waals surface area (Å²) < 4.78 is 0. The molecule has 0 aliphatic rings. The lowest BCUT2D eigenvalue weighted by Gasteiger charge is -2.16. The highest BCUT2D eigenvalue weighted by molar-refractivity contribution is 9.10. The van der Waals surface area contributed by atoms with Crippen LogP contribution in [0.3, 0.4) is 0 Å². The third-order valence-corrected chi connectivity index (χ3v) is 2.15. The van der Waals surface area contributed by atoms with Gasteiger partial charge in [0.15, 0.2) is 0 Å². The summed E-state index contributed by atoms with van der Waals surface area (Å²) in [5.41, 5.74) is 0. The summed E-state index contributed by atoms with van der Waals surface area (Å²) in [6.07, 6.45) is -0.822. The van der Waals surface area contributed by atoms with Gasteiger partial charge < -0.3 is 10.2 Å². The van der Waals surface area contributed by atoms with Crippen molar-refractivity contribution in [2.75, 3.05) is 0 Å². The molecule has 3 nitrogen and oxygen atoms in total. The molecule has 2 N–H and O–H groups in total. The zero-order chi connectivity index (χ0) is 8.31. The lowest BCUT2D eigenvalue weighted by atomic mass is 10.0. The van der Waals surface area contributed by atoms with E-state index in [0.717, 1.165) is 0 Å². The minimum atomic E-state index is -1.03. The average Bonchev–Trinajstić information content (AvgIpc) is 1.84. The van der Waals surface area contributed by atoms with Crippen molar-refractivity contribution in [1.29, 1.82) is 0 Å². The van der Waals surface area contributed by atoms with Crippen molar-refractivity contribution in [3.8, 4) is 0 Å². The van der Waals surface area contributed by atoms with Crippen molar-refractivity contribution in [3.05, 3.63) is 0 Å². The summed E-state index contributed by atoms with van der Waals surface area (Å²) in [6.45, 7) is 3.53. The Hall–Kier alpha value is -0.0900. The third-order valence-electron chi connectivity index (χ3n) is 1.22. The van der Waals surface area contributed by atoms with E-state index in [9.17, 15) is 4.79 Å². The standard InChI is InChI=1S/C6H11BrO3/c1-3(2)5(8)4(7)6(9)10/h3-5,8H,1-2H3,(H,9,10). The molecule has 0 heterocycles. The number of rotatable bonds is 3. The number of hydrogen-bond acceptors (Lipinski definition) is 2. The van der Waals surface area contributed by atoms with E-state index in [1.165, 1.54) is 0 Å². The largest absolute Gasteiger partial charge is 0.480 e. The SMILES string of the molecule is CC(C)C(O)C(Br)C(=O)O. The van der Waals surface area contributed by atoms with Crippen LogP contribution in [0, 0.1) is 5.92 Å². The van der Waals surface area contributed by atoms with Gasteiger partial charge in [0, 0.05) is 0 Å². The number of carboxylic acid groups (broad SMARTS) is 1. The normalized spacial score (nSPS) is 16.9. The van der Waals surface area contributed by atoms with Gasteiger partial charge in [-0.15, -0.1) is 0 Å². The maximum Gasteiger partial charge on any atom is 0.319 e. The molecule has 0 saturated carbocycles. The quantitative estimate of drug-likeness (QED) is 0.680. The highest BCUT2D eigenvalue weighted by Gasteiger charge is 2.25. The molecule has 4 heteroatoms.